The van der Waals surface area contributed by atoms with Crippen LogP contribution in [0.25, 0.3) is 0 Å². The molecule has 0 radical (unpaired) electrons. The zero-order valence-corrected chi connectivity index (χ0v) is 10.9. The molecule has 1 aromatic rings. The Morgan fingerprint density at radius 1 is 1.40 bits per heavy atom. The van der Waals surface area contributed by atoms with Crippen molar-refractivity contribution in [3.8, 4) is 11.8 Å². The summed E-state index contributed by atoms with van der Waals surface area (Å²) < 4.78 is 45.6. The second kappa shape index (κ2) is 6.28. The fraction of sp³-hybridized carbons (Fsp3) is 0.385. The summed E-state index contributed by atoms with van der Waals surface area (Å²) in [5, 5.41) is 8.81. The average Bonchev–Trinajstić information content (AvgIpc) is 2.33. The molecule has 108 valence electrons. The van der Waals surface area contributed by atoms with Crippen molar-refractivity contribution in [2.45, 2.75) is 26.6 Å². The van der Waals surface area contributed by atoms with Crippen LogP contribution in [0.15, 0.2) is 12.1 Å². The molecule has 0 saturated carbocycles. The van der Waals surface area contributed by atoms with Gasteiger partial charge in [0.15, 0.2) is 0 Å². The number of ether oxygens (including phenoxy) is 2. The minimum Gasteiger partial charge on any atom is -0.466 e. The number of rotatable bonds is 4. The van der Waals surface area contributed by atoms with Crippen LogP contribution in [0.4, 0.5) is 13.2 Å². The maximum Gasteiger partial charge on any atom is 0.573 e. The molecule has 0 N–H and O–H groups in total. The van der Waals surface area contributed by atoms with E-state index in [-0.39, 0.29) is 24.2 Å². The Balaban J connectivity index is 3.15. The molecule has 0 aromatic heterocycles. The molecule has 0 saturated heterocycles. The maximum atomic E-state index is 12.3. The first-order valence-corrected chi connectivity index (χ1v) is 5.72. The quantitative estimate of drug-likeness (QED) is 0.799. The van der Waals surface area contributed by atoms with Gasteiger partial charge in [-0.1, -0.05) is 6.07 Å². The molecule has 0 spiro atoms. The highest BCUT2D eigenvalue weighted by Gasteiger charge is 2.33. The maximum absolute atomic E-state index is 12.3. The minimum atomic E-state index is -4.90. The van der Waals surface area contributed by atoms with Gasteiger partial charge in [0, 0.05) is 0 Å². The zero-order valence-electron chi connectivity index (χ0n) is 10.9. The first-order valence-electron chi connectivity index (χ1n) is 5.72. The van der Waals surface area contributed by atoms with Gasteiger partial charge in [0.05, 0.1) is 18.6 Å². The summed E-state index contributed by atoms with van der Waals surface area (Å²) in [6.45, 7) is 3.16. The molecule has 0 amide bonds. The van der Waals surface area contributed by atoms with Crippen molar-refractivity contribution in [1.29, 1.82) is 5.26 Å². The molecule has 0 heterocycles. The lowest BCUT2D eigenvalue weighted by Gasteiger charge is -2.15. The van der Waals surface area contributed by atoms with Crippen LogP contribution in [0.5, 0.6) is 5.75 Å². The number of hydrogen-bond acceptors (Lipinski definition) is 4. The topological polar surface area (TPSA) is 59.3 Å². The van der Waals surface area contributed by atoms with Crippen LogP contribution in [-0.4, -0.2) is 18.9 Å². The summed E-state index contributed by atoms with van der Waals surface area (Å²) in [7, 11) is 0. The number of benzene rings is 1. The average molecular weight is 287 g/mol. The lowest BCUT2D eigenvalue weighted by atomic mass is 10.0. The largest absolute Gasteiger partial charge is 0.573 e. The van der Waals surface area contributed by atoms with E-state index in [1.807, 2.05) is 0 Å². The van der Waals surface area contributed by atoms with E-state index in [2.05, 4.69) is 4.74 Å². The number of nitrogens with zero attached hydrogens (tertiary/aromatic N) is 1. The van der Waals surface area contributed by atoms with Gasteiger partial charge in [0.2, 0.25) is 0 Å². The molecule has 0 fully saturated rings. The Morgan fingerprint density at radius 3 is 2.55 bits per heavy atom. The third-order valence-corrected chi connectivity index (χ3v) is 2.50. The van der Waals surface area contributed by atoms with Gasteiger partial charge in [0.1, 0.15) is 11.8 Å². The smallest absolute Gasteiger partial charge is 0.466 e. The van der Waals surface area contributed by atoms with Crippen LogP contribution >= 0.6 is 0 Å². The van der Waals surface area contributed by atoms with Gasteiger partial charge >= 0.3 is 12.3 Å². The molecular weight excluding hydrogens is 275 g/mol. The minimum absolute atomic E-state index is 0.0921. The van der Waals surface area contributed by atoms with Crippen LogP contribution in [0.2, 0.25) is 0 Å². The van der Waals surface area contributed by atoms with Gasteiger partial charge in [-0.05, 0) is 31.0 Å². The number of carbonyl (C=O) groups excluding carboxylic acids is 1. The Bertz CT molecular complexity index is 547. The number of esters is 1. The predicted molar refractivity (Wildman–Crippen MR) is 62.9 cm³/mol. The molecule has 20 heavy (non-hydrogen) atoms. The van der Waals surface area contributed by atoms with Crippen LogP contribution in [-0.2, 0) is 16.0 Å². The van der Waals surface area contributed by atoms with Gasteiger partial charge in [-0.3, -0.25) is 4.79 Å². The normalized spacial score (nSPS) is 10.8. The second-order valence-corrected chi connectivity index (χ2v) is 3.87. The molecule has 0 aliphatic carbocycles. The van der Waals surface area contributed by atoms with Crippen molar-refractivity contribution < 1.29 is 27.4 Å². The molecule has 0 atom stereocenters. The number of hydrogen-bond donors (Lipinski definition) is 0. The lowest BCUT2D eigenvalue weighted by Crippen LogP contribution is -2.19. The van der Waals surface area contributed by atoms with Crippen LogP contribution in [0.3, 0.4) is 0 Å². The zero-order chi connectivity index (χ0) is 15.3. The van der Waals surface area contributed by atoms with Crippen molar-refractivity contribution in [3.05, 3.63) is 28.8 Å². The first-order chi connectivity index (χ1) is 9.28. The van der Waals surface area contributed by atoms with E-state index in [0.717, 1.165) is 0 Å². The highest BCUT2D eigenvalue weighted by molar-refractivity contribution is 5.73. The molecule has 1 aromatic carbocycles. The SMILES string of the molecule is CCOC(=O)Cc1ccc(C#N)c(OC(F)(F)F)c1C. The lowest BCUT2D eigenvalue weighted by molar-refractivity contribution is -0.274. The van der Waals surface area contributed by atoms with Crippen molar-refractivity contribution >= 4 is 5.97 Å². The van der Waals surface area contributed by atoms with Gasteiger partial charge < -0.3 is 9.47 Å². The molecule has 7 heteroatoms. The van der Waals surface area contributed by atoms with Gasteiger partial charge in [0.25, 0.3) is 0 Å². The van der Waals surface area contributed by atoms with E-state index in [9.17, 15) is 18.0 Å². The highest BCUT2D eigenvalue weighted by Crippen LogP contribution is 2.31. The molecule has 1 rings (SSSR count). The van der Waals surface area contributed by atoms with Crippen molar-refractivity contribution in [2.75, 3.05) is 6.61 Å². The van der Waals surface area contributed by atoms with E-state index in [1.165, 1.54) is 19.1 Å². The van der Waals surface area contributed by atoms with E-state index in [0.29, 0.717) is 5.56 Å². The summed E-state index contributed by atoms with van der Waals surface area (Å²) in [6, 6.07) is 4.22. The Labute approximate surface area is 113 Å². The summed E-state index contributed by atoms with van der Waals surface area (Å²) in [5.41, 5.74) is 0.170. The Hall–Kier alpha value is -2.23. The van der Waals surface area contributed by atoms with Crippen molar-refractivity contribution in [1.82, 2.24) is 0 Å². The summed E-state index contributed by atoms with van der Waals surface area (Å²) >= 11 is 0. The van der Waals surface area contributed by atoms with Crippen molar-refractivity contribution in [3.63, 3.8) is 0 Å². The fourth-order valence-corrected chi connectivity index (χ4v) is 1.63. The third-order valence-electron chi connectivity index (χ3n) is 2.50. The second-order valence-electron chi connectivity index (χ2n) is 3.87. The van der Waals surface area contributed by atoms with Crippen LogP contribution < -0.4 is 4.74 Å². The predicted octanol–water partition coefficient (Wildman–Crippen LogP) is 2.87. The molecule has 0 aliphatic heterocycles. The standard InChI is InChI=1S/C13H12F3NO3/c1-3-19-11(18)6-9-4-5-10(7-17)12(8(9)2)20-13(14,15)16/h4-5H,3,6H2,1-2H3. The van der Waals surface area contributed by atoms with Crippen molar-refractivity contribution in [2.24, 2.45) is 0 Å². The van der Waals surface area contributed by atoms with Gasteiger partial charge in [-0.25, -0.2) is 0 Å². The Morgan fingerprint density at radius 2 is 2.05 bits per heavy atom. The third kappa shape index (κ3) is 4.16. The van der Waals surface area contributed by atoms with Crippen LogP contribution in [0, 0.1) is 18.3 Å². The number of halogens is 3. The number of nitriles is 1. The first kappa shape index (κ1) is 15.8. The number of alkyl halides is 3. The van der Waals surface area contributed by atoms with Gasteiger partial charge in [-0.2, -0.15) is 5.26 Å². The van der Waals surface area contributed by atoms with Crippen LogP contribution in [0.1, 0.15) is 23.6 Å². The number of carbonyl (C=O) groups is 1. The van der Waals surface area contributed by atoms with Gasteiger partial charge in [-0.15, -0.1) is 13.2 Å². The van der Waals surface area contributed by atoms with E-state index in [1.54, 1.807) is 13.0 Å². The Kier molecular flexibility index (Phi) is 4.97. The van der Waals surface area contributed by atoms with E-state index in [4.69, 9.17) is 10.00 Å². The molecule has 0 bridgehead atoms. The molecule has 0 unspecified atom stereocenters. The molecule has 4 nitrogen and oxygen atoms in total. The monoisotopic (exact) mass is 287 g/mol. The molecule has 0 aliphatic rings. The summed E-state index contributed by atoms with van der Waals surface area (Å²) in [5.74, 6) is -1.14. The molecular formula is C13H12F3NO3. The summed E-state index contributed by atoms with van der Waals surface area (Å²) in [4.78, 5) is 11.4. The fourth-order valence-electron chi connectivity index (χ4n) is 1.63. The summed E-state index contributed by atoms with van der Waals surface area (Å²) in [6.07, 6.45) is -5.08. The highest BCUT2D eigenvalue weighted by atomic mass is 19.4. The van der Waals surface area contributed by atoms with E-state index < -0.39 is 18.1 Å². The van der Waals surface area contributed by atoms with E-state index >= 15 is 0 Å².